The fraction of sp³-hybridized carbons (Fsp3) is 0.200. The van der Waals surface area contributed by atoms with Gasteiger partial charge in [-0.25, -0.2) is 0 Å². The van der Waals surface area contributed by atoms with Gasteiger partial charge in [-0.05, 0) is 31.2 Å². The molecule has 0 aliphatic carbocycles. The number of benzene rings is 1. The van der Waals surface area contributed by atoms with Crippen LogP contribution in [-0.4, -0.2) is 11.0 Å². The van der Waals surface area contributed by atoms with Crippen LogP contribution in [0.5, 0.6) is 5.75 Å². The second kappa shape index (κ2) is 6.00. The first-order valence-corrected chi connectivity index (χ1v) is 5.96. The molecule has 4 nitrogen and oxygen atoms in total. The monoisotopic (exact) mass is 257 g/mol. The van der Waals surface area contributed by atoms with Crippen LogP contribution in [0.15, 0.2) is 48.7 Å². The highest BCUT2D eigenvalue weighted by molar-refractivity contribution is 5.66. The number of aromatic nitrogens is 1. The van der Waals surface area contributed by atoms with Gasteiger partial charge in [-0.15, -0.1) is 0 Å². The molecule has 1 heterocycles. The van der Waals surface area contributed by atoms with E-state index in [2.05, 4.69) is 4.98 Å². The van der Waals surface area contributed by atoms with E-state index < -0.39 is 12.3 Å². The smallest absolute Gasteiger partial charge is 0.306 e. The molecule has 0 aliphatic rings. The topological polar surface area (TPSA) is 48.4 Å². The van der Waals surface area contributed by atoms with E-state index in [1.165, 1.54) is 6.92 Å². The number of hydrogen-bond acceptors (Lipinski definition) is 4. The van der Waals surface area contributed by atoms with Crippen molar-refractivity contribution in [1.82, 2.24) is 4.98 Å². The molecule has 4 heteroatoms. The first-order chi connectivity index (χ1) is 9.15. The maximum atomic E-state index is 11.1. The largest absolute Gasteiger partial charge is 0.449 e. The van der Waals surface area contributed by atoms with Crippen molar-refractivity contribution < 1.29 is 14.3 Å². The van der Waals surface area contributed by atoms with E-state index in [1.807, 2.05) is 37.3 Å². The minimum Gasteiger partial charge on any atom is -0.449 e. The molecule has 98 valence electrons. The highest BCUT2D eigenvalue weighted by Gasteiger charge is 2.17. The van der Waals surface area contributed by atoms with Gasteiger partial charge in [0.15, 0.2) is 0 Å². The molecule has 1 atom stereocenters. The molecule has 0 bridgehead atoms. The van der Waals surface area contributed by atoms with Crippen LogP contribution in [0.25, 0.3) is 0 Å². The molecule has 19 heavy (non-hydrogen) atoms. The molecule has 0 aliphatic heterocycles. The van der Waals surface area contributed by atoms with E-state index in [1.54, 1.807) is 18.3 Å². The van der Waals surface area contributed by atoms with E-state index in [9.17, 15) is 4.79 Å². The van der Waals surface area contributed by atoms with Crippen LogP contribution in [0.3, 0.4) is 0 Å². The molecule has 1 unspecified atom stereocenters. The van der Waals surface area contributed by atoms with E-state index in [-0.39, 0.29) is 0 Å². The van der Waals surface area contributed by atoms with Crippen LogP contribution in [-0.2, 0) is 9.53 Å². The predicted octanol–water partition coefficient (Wildman–Crippen LogP) is 3.03. The van der Waals surface area contributed by atoms with Gasteiger partial charge in [0.1, 0.15) is 11.4 Å². The molecule has 2 rings (SSSR count). The average molecular weight is 257 g/mol. The molecular weight excluding hydrogens is 242 g/mol. The van der Waals surface area contributed by atoms with Crippen molar-refractivity contribution in [3.8, 4) is 5.75 Å². The van der Waals surface area contributed by atoms with Crippen LogP contribution >= 0.6 is 0 Å². The highest BCUT2D eigenvalue weighted by Crippen LogP contribution is 2.22. The summed E-state index contributed by atoms with van der Waals surface area (Å²) in [7, 11) is 0. The summed E-state index contributed by atoms with van der Waals surface area (Å²) in [5.41, 5.74) is 1.69. The summed E-state index contributed by atoms with van der Waals surface area (Å²) >= 11 is 0. The molecule has 0 saturated heterocycles. The number of carbonyl (C=O) groups is 1. The van der Waals surface area contributed by atoms with Crippen LogP contribution in [0.4, 0.5) is 0 Å². The Bertz CT molecular complexity index is 537. The van der Waals surface area contributed by atoms with Gasteiger partial charge in [0, 0.05) is 13.1 Å². The van der Waals surface area contributed by atoms with E-state index in [0.717, 1.165) is 5.56 Å². The normalized spacial score (nSPS) is 11.7. The van der Waals surface area contributed by atoms with E-state index in [0.29, 0.717) is 11.4 Å². The van der Waals surface area contributed by atoms with E-state index >= 15 is 0 Å². The summed E-state index contributed by atoms with van der Waals surface area (Å²) in [6, 6.07) is 12.9. The highest BCUT2D eigenvalue weighted by atomic mass is 16.7. The Hall–Kier alpha value is -2.36. The molecule has 0 radical (unpaired) electrons. The summed E-state index contributed by atoms with van der Waals surface area (Å²) in [5.74, 6) is 0.213. The lowest BCUT2D eigenvalue weighted by Crippen LogP contribution is -2.16. The molecular formula is C15H15NO3. The second-order valence-electron chi connectivity index (χ2n) is 4.13. The Kier molecular flexibility index (Phi) is 4.13. The van der Waals surface area contributed by atoms with Gasteiger partial charge in [0.05, 0.1) is 0 Å². The third kappa shape index (κ3) is 3.81. The summed E-state index contributed by atoms with van der Waals surface area (Å²) in [6.45, 7) is 3.33. The molecule has 1 aromatic carbocycles. The van der Waals surface area contributed by atoms with Gasteiger partial charge < -0.3 is 9.47 Å². The fourth-order valence-electron chi connectivity index (χ4n) is 1.55. The average Bonchev–Trinajstić information content (AvgIpc) is 2.41. The number of ether oxygens (including phenoxy) is 2. The zero-order chi connectivity index (χ0) is 13.7. The third-order valence-corrected chi connectivity index (χ3v) is 2.47. The number of rotatable bonds is 4. The lowest BCUT2D eigenvalue weighted by atomic mass is 10.2. The molecule has 1 aromatic heterocycles. The predicted molar refractivity (Wildman–Crippen MR) is 70.6 cm³/mol. The second-order valence-corrected chi connectivity index (χ2v) is 4.13. The van der Waals surface area contributed by atoms with Gasteiger partial charge in [0.25, 0.3) is 6.29 Å². The van der Waals surface area contributed by atoms with Gasteiger partial charge in [-0.3, -0.25) is 9.78 Å². The zero-order valence-electron chi connectivity index (χ0n) is 10.9. The van der Waals surface area contributed by atoms with Crippen molar-refractivity contribution in [2.45, 2.75) is 20.1 Å². The summed E-state index contributed by atoms with van der Waals surface area (Å²) < 4.78 is 10.8. The van der Waals surface area contributed by atoms with Crippen LogP contribution in [0.2, 0.25) is 0 Å². The first kappa shape index (κ1) is 13.1. The van der Waals surface area contributed by atoms with Crippen LogP contribution < -0.4 is 4.74 Å². The first-order valence-electron chi connectivity index (χ1n) is 5.96. The zero-order valence-corrected chi connectivity index (χ0v) is 10.9. The van der Waals surface area contributed by atoms with Gasteiger partial charge >= 0.3 is 5.97 Å². The van der Waals surface area contributed by atoms with Crippen molar-refractivity contribution in [2.75, 3.05) is 0 Å². The summed E-state index contributed by atoms with van der Waals surface area (Å²) in [6.07, 6.45) is 0.797. The van der Waals surface area contributed by atoms with Crippen LogP contribution in [0.1, 0.15) is 24.5 Å². The van der Waals surface area contributed by atoms with Crippen molar-refractivity contribution >= 4 is 5.97 Å². The Morgan fingerprint density at radius 2 is 1.89 bits per heavy atom. The van der Waals surface area contributed by atoms with Crippen molar-refractivity contribution in [3.63, 3.8) is 0 Å². The minimum atomic E-state index is -0.832. The Morgan fingerprint density at radius 1 is 1.16 bits per heavy atom. The van der Waals surface area contributed by atoms with Crippen molar-refractivity contribution in [3.05, 3.63) is 59.9 Å². The molecule has 2 aromatic rings. The Balaban J connectivity index is 2.19. The molecule has 0 N–H and O–H groups in total. The SMILES string of the molecule is CC(=O)OC(Oc1ccc(C)cc1)c1ccccn1. The standard InChI is InChI=1S/C15H15NO3/c1-11-6-8-13(9-7-11)19-15(18-12(2)17)14-5-3-4-10-16-14/h3-10,15H,1-2H3. The minimum absolute atomic E-state index is 0.414. The molecule has 0 saturated carbocycles. The van der Waals surface area contributed by atoms with Crippen molar-refractivity contribution in [2.24, 2.45) is 0 Å². The fourth-order valence-corrected chi connectivity index (χ4v) is 1.55. The molecule has 0 amide bonds. The summed E-state index contributed by atoms with van der Waals surface area (Å²) in [5, 5.41) is 0. The number of esters is 1. The number of carbonyl (C=O) groups excluding carboxylic acids is 1. The number of aryl methyl sites for hydroxylation is 1. The van der Waals surface area contributed by atoms with Crippen molar-refractivity contribution in [1.29, 1.82) is 0 Å². The maximum absolute atomic E-state index is 11.1. The molecule has 0 fully saturated rings. The number of pyridine rings is 1. The Labute approximate surface area is 112 Å². The van der Waals surface area contributed by atoms with Crippen LogP contribution in [0, 0.1) is 6.92 Å². The van der Waals surface area contributed by atoms with Gasteiger partial charge in [-0.2, -0.15) is 0 Å². The van der Waals surface area contributed by atoms with E-state index in [4.69, 9.17) is 9.47 Å². The van der Waals surface area contributed by atoms with Gasteiger partial charge in [-0.1, -0.05) is 23.8 Å². The number of nitrogens with zero attached hydrogens (tertiary/aromatic N) is 1. The lowest BCUT2D eigenvalue weighted by molar-refractivity contribution is -0.162. The maximum Gasteiger partial charge on any atom is 0.306 e. The lowest BCUT2D eigenvalue weighted by Gasteiger charge is -2.18. The Morgan fingerprint density at radius 3 is 2.47 bits per heavy atom. The summed E-state index contributed by atoms with van der Waals surface area (Å²) in [4.78, 5) is 15.3. The molecule has 0 spiro atoms. The number of hydrogen-bond donors (Lipinski definition) is 0. The third-order valence-electron chi connectivity index (χ3n) is 2.47. The van der Waals surface area contributed by atoms with Gasteiger partial charge in [0.2, 0.25) is 0 Å². The quantitative estimate of drug-likeness (QED) is 0.624.